The molecule has 1 atom stereocenters. The van der Waals surface area contributed by atoms with Crippen LogP contribution >= 0.6 is 0 Å². The van der Waals surface area contributed by atoms with Crippen LogP contribution in [-0.4, -0.2) is 41.4 Å². The fourth-order valence-corrected chi connectivity index (χ4v) is 3.92. The number of hydrogen-bond acceptors (Lipinski definition) is 5. The van der Waals surface area contributed by atoms with Crippen molar-refractivity contribution >= 4 is 18.3 Å². The summed E-state index contributed by atoms with van der Waals surface area (Å²) in [6, 6.07) is 15.8. The highest BCUT2D eigenvalue weighted by Crippen LogP contribution is 2.29. The van der Waals surface area contributed by atoms with Gasteiger partial charge >= 0.3 is 6.03 Å². The summed E-state index contributed by atoms with van der Waals surface area (Å²) in [6.45, 7) is 3.12. The van der Waals surface area contributed by atoms with Gasteiger partial charge in [0.15, 0.2) is 0 Å². The van der Waals surface area contributed by atoms with Crippen molar-refractivity contribution in [3.63, 3.8) is 0 Å². The molecule has 4 rings (SSSR count). The monoisotopic (exact) mass is 444 g/mol. The molecule has 0 radical (unpaired) electrons. The fourth-order valence-electron chi connectivity index (χ4n) is 3.92. The molecule has 33 heavy (non-hydrogen) atoms. The third kappa shape index (κ3) is 5.01. The number of rotatable bonds is 8. The van der Waals surface area contributed by atoms with Crippen molar-refractivity contribution in [3.8, 4) is 16.9 Å². The molecule has 4 amide bonds. The molecule has 0 fully saturated rings. The minimum absolute atomic E-state index is 0.107. The minimum Gasteiger partial charge on any atom is -0.494 e. The van der Waals surface area contributed by atoms with E-state index in [4.69, 9.17) is 4.74 Å². The second-order valence-electron chi connectivity index (χ2n) is 7.58. The maximum Gasteiger partial charge on any atom is 0.321 e. The van der Waals surface area contributed by atoms with Crippen LogP contribution in [0.2, 0.25) is 0 Å². The maximum absolute atomic E-state index is 13.0. The minimum atomic E-state index is -0.629. The lowest BCUT2D eigenvalue weighted by molar-refractivity contribution is -0.108. The van der Waals surface area contributed by atoms with E-state index < -0.39 is 12.1 Å². The van der Waals surface area contributed by atoms with E-state index in [-0.39, 0.29) is 12.5 Å². The number of imide groups is 1. The van der Waals surface area contributed by atoms with Crippen molar-refractivity contribution in [3.05, 3.63) is 83.7 Å². The number of fused-ring (bicyclic) bond motifs is 1. The quantitative estimate of drug-likeness (QED) is 0.519. The second-order valence-corrected chi connectivity index (χ2v) is 7.58. The van der Waals surface area contributed by atoms with Gasteiger partial charge in [0, 0.05) is 31.0 Å². The Morgan fingerprint density at radius 2 is 1.85 bits per heavy atom. The standard InChI is InChI=1S/C25H24N4O4/c1-2-33-21-7-8-22-20(13-21)14-29(24(22)31)15-23(28-25(32)27-16-30)19-5-3-17(4-6-19)18-9-11-26-12-10-18/h3-13,16,23H,2,14-15H2,1H3,(H2,27,28,30,32)/t23-/m0/s1. The summed E-state index contributed by atoms with van der Waals surface area (Å²) < 4.78 is 5.55. The number of nitrogens with zero attached hydrogens (tertiary/aromatic N) is 2. The summed E-state index contributed by atoms with van der Waals surface area (Å²) in [6.07, 6.45) is 3.78. The molecule has 0 saturated heterocycles. The fraction of sp³-hybridized carbons (Fsp3) is 0.200. The van der Waals surface area contributed by atoms with Crippen LogP contribution in [0, 0.1) is 0 Å². The largest absolute Gasteiger partial charge is 0.494 e. The van der Waals surface area contributed by atoms with Crippen LogP contribution in [0.4, 0.5) is 4.79 Å². The zero-order valence-electron chi connectivity index (χ0n) is 18.2. The first-order valence-corrected chi connectivity index (χ1v) is 10.6. The number of urea groups is 1. The lowest BCUT2D eigenvalue weighted by atomic mass is 10.0. The molecule has 2 aromatic carbocycles. The number of hydrogen-bond donors (Lipinski definition) is 2. The van der Waals surface area contributed by atoms with E-state index in [0.717, 1.165) is 28.0 Å². The number of carbonyl (C=O) groups is 3. The molecule has 3 aromatic rings. The molecule has 1 aliphatic rings. The SMILES string of the molecule is CCOc1ccc2c(c1)CN(C[C@H](NC(=O)NC=O)c1ccc(-c3ccncc3)cc1)C2=O. The van der Waals surface area contributed by atoms with Crippen molar-refractivity contribution in [1.29, 1.82) is 0 Å². The highest BCUT2D eigenvalue weighted by atomic mass is 16.5. The number of nitrogens with one attached hydrogen (secondary N) is 2. The van der Waals surface area contributed by atoms with E-state index in [0.29, 0.717) is 25.1 Å². The van der Waals surface area contributed by atoms with E-state index in [9.17, 15) is 14.4 Å². The predicted octanol–water partition coefficient (Wildman–Crippen LogP) is 3.30. The highest BCUT2D eigenvalue weighted by molar-refractivity contribution is 5.98. The molecule has 0 unspecified atom stereocenters. The number of ether oxygens (including phenoxy) is 1. The van der Waals surface area contributed by atoms with Crippen molar-refractivity contribution < 1.29 is 19.1 Å². The van der Waals surface area contributed by atoms with E-state index in [1.165, 1.54) is 0 Å². The Kier molecular flexibility index (Phi) is 6.64. The van der Waals surface area contributed by atoms with Crippen molar-refractivity contribution in [2.75, 3.05) is 13.2 Å². The molecule has 8 heteroatoms. The summed E-state index contributed by atoms with van der Waals surface area (Å²) in [4.78, 5) is 41.5. The van der Waals surface area contributed by atoms with Crippen LogP contribution < -0.4 is 15.4 Å². The Bertz CT molecular complexity index is 1150. The van der Waals surface area contributed by atoms with Gasteiger partial charge in [0.05, 0.1) is 12.6 Å². The molecule has 168 valence electrons. The number of pyridine rings is 1. The van der Waals surface area contributed by atoms with Gasteiger partial charge in [-0.2, -0.15) is 0 Å². The van der Waals surface area contributed by atoms with E-state index in [1.807, 2.05) is 49.4 Å². The van der Waals surface area contributed by atoms with Gasteiger partial charge in [-0.3, -0.25) is 19.9 Å². The summed E-state index contributed by atoms with van der Waals surface area (Å²) >= 11 is 0. The number of amides is 4. The summed E-state index contributed by atoms with van der Waals surface area (Å²) in [5.41, 5.74) is 4.35. The van der Waals surface area contributed by atoms with Crippen LogP contribution in [0.3, 0.4) is 0 Å². The molecule has 1 aliphatic heterocycles. The van der Waals surface area contributed by atoms with Crippen LogP contribution in [0.25, 0.3) is 11.1 Å². The summed E-state index contributed by atoms with van der Waals surface area (Å²) in [7, 11) is 0. The molecule has 0 saturated carbocycles. The van der Waals surface area contributed by atoms with Gasteiger partial charge in [-0.25, -0.2) is 4.79 Å². The van der Waals surface area contributed by atoms with Crippen LogP contribution in [-0.2, 0) is 11.3 Å². The van der Waals surface area contributed by atoms with Gasteiger partial charge < -0.3 is 15.0 Å². The molecule has 8 nitrogen and oxygen atoms in total. The molecular weight excluding hydrogens is 420 g/mol. The Balaban J connectivity index is 1.55. The molecule has 0 bridgehead atoms. The Morgan fingerprint density at radius 3 is 2.55 bits per heavy atom. The van der Waals surface area contributed by atoms with Gasteiger partial charge in [0.1, 0.15) is 5.75 Å². The predicted molar refractivity (Wildman–Crippen MR) is 122 cm³/mol. The molecule has 2 heterocycles. The highest BCUT2D eigenvalue weighted by Gasteiger charge is 2.30. The van der Waals surface area contributed by atoms with Crippen molar-refractivity contribution in [1.82, 2.24) is 20.5 Å². The average molecular weight is 444 g/mol. The smallest absolute Gasteiger partial charge is 0.321 e. The van der Waals surface area contributed by atoms with Crippen LogP contribution in [0.15, 0.2) is 67.0 Å². The molecule has 1 aromatic heterocycles. The Morgan fingerprint density at radius 1 is 1.12 bits per heavy atom. The summed E-state index contributed by atoms with van der Waals surface area (Å²) in [5.74, 6) is 0.613. The zero-order chi connectivity index (χ0) is 23.2. The molecule has 0 spiro atoms. The van der Waals surface area contributed by atoms with Crippen LogP contribution in [0.5, 0.6) is 5.75 Å². The Hall–Kier alpha value is -4.20. The van der Waals surface area contributed by atoms with Gasteiger partial charge in [-0.15, -0.1) is 0 Å². The first-order chi connectivity index (χ1) is 16.1. The third-order valence-corrected chi connectivity index (χ3v) is 5.49. The van der Waals surface area contributed by atoms with Crippen molar-refractivity contribution in [2.45, 2.75) is 19.5 Å². The van der Waals surface area contributed by atoms with Crippen LogP contribution in [0.1, 0.15) is 34.5 Å². The maximum atomic E-state index is 13.0. The van der Waals surface area contributed by atoms with E-state index in [2.05, 4.69) is 15.6 Å². The normalized spacial score (nSPS) is 13.2. The zero-order valence-corrected chi connectivity index (χ0v) is 18.2. The van der Waals surface area contributed by atoms with Gasteiger partial charge in [-0.1, -0.05) is 24.3 Å². The Labute approximate surface area is 191 Å². The topological polar surface area (TPSA) is 101 Å². The lowest BCUT2D eigenvalue weighted by Crippen LogP contribution is -2.42. The number of aromatic nitrogens is 1. The van der Waals surface area contributed by atoms with Gasteiger partial charge in [0.25, 0.3) is 5.91 Å². The molecule has 0 aliphatic carbocycles. The van der Waals surface area contributed by atoms with E-state index >= 15 is 0 Å². The second kappa shape index (κ2) is 9.95. The molecule has 2 N–H and O–H groups in total. The van der Waals surface area contributed by atoms with Gasteiger partial charge in [-0.05, 0) is 59.5 Å². The third-order valence-electron chi connectivity index (χ3n) is 5.49. The average Bonchev–Trinajstić information content (AvgIpc) is 3.14. The van der Waals surface area contributed by atoms with E-state index in [1.54, 1.807) is 29.4 Å². The van der Waals surface area contributed by atoms with Gasteiger partial charge in [0.2, 0.25) is 6.41 Å². The first kappa shape index (κ1) is 22.0. The molecular formula is C25H24N4O4. The number of carbonyl (C=O) groups excluding carboxylic acids is 3. The number of benzene rings is 2. The lowest BCUT2D eigenvalue weighted by Gasteiger charge is -2.25. The van der Waals surface area contributed by atoms with Crippen molar-refractivity contribution in [2.24, 2.45) is 0 Å². The first-order valence-electron chi connectivity index (χ1n) is 10.6. The summed E-state index contributed by atoms with van der Waals surface area (Å²) in [5, 5.41) is 4.89.